The summed E-state index contributed by atoms with van der Waals surface area (Å²) < 4.78 is 0. The van der Waals surface area contributed by atoms with Crippen molar-refractivity contribution in [1.29, 1.82) is 0 Å². The summed E-state index contributed by atoms with van der Waals surface area (Å²) in [6.45, 7) is 11.3. The van der Waals surface area contributed by atoms with Gasteiger partial charge in [0.2, 0.25) is 0 Å². The minimum absolute atomic E-state index is 0.0968. The fourth-order valence-electron chi connectivity index (χ4n) is 2.26. The van der Waals surface area contributed by atoms with Gasteiger partial charge in [-0.1, -0.05) is 27.7 Å². The molecule has 1 unspecified atom stereocenters. The van der Waals surface area contributed by atoms with Crippen LogP contribution in [0.3, 0.4) is 0 Å². The number of carboxylic acids is 1. The van der Waals surface area contributed by atoms with Gasteiger partial charge in [-0.2, -0.15) is 0 Å². The Bertz CT molecular complexity index is 226. The molecule has 1 atom stereocenters. The summed E-state index contributed by atoms with van der Waals surface area (Å²) in [7, 11) is 0. The lowest BCUT2D eigenvalue weighted by atomic mass is 9.84. The summed E-state index contributed by atoms with van der Waals surface area (Å²) in [4.78, 5) is 13.4. The number of hydrogen-bond acceptors (Lipinski definition) is 2. The van der Waals surface area contributed by atoms with Gasteiger partial charge in [0, 0.05) is 19.6 Å². The smallest absolute Gasteiger partial charge is 0.307 e. The maximum absolute atomic E-state index is 11.1. The normalized spacial score (nSPS) is 21.1. The van der Waals surface area contributed by atoms with Crippen molar-refractivity contribution in [3.05, 3.63) is 0 Å². The molecule has 15 heavy (non-hydrogen) atoms. The molecule has 0 radical (unpaired) electrons. The molecule has 3 nitrogen and oxygen atoms in total. The Morgan fingerprint density at radius 1 is 1.47 bits per heavy atom. The summed E-state index contributed by atoms with van der Waals surface area (Å²) in [5, 5.41) is 9.14. The molecule has 0 bridgehead atoms. The first-order valence-corrected chi connectivity index (χ1v) is 5.73. The Morgan fingerprint density at radius 3 is 2.33 bits per heavy atom. The third-order valence-electron chi connectivity index (χ3n) is 2.83. The zero-order valence-electron chi connectivity index (χ0n) is 10.3. The number of carbonyl (C=O) groups is 1. The van der Waals surface area contributed by atoms with E-state index in [2.05, 4.69) is 32.6 Å². The van der Waals surface area contributed by atoms with Crippen molar-refractivity contribution in [1.82, 2.24) is 4.90 Å². The van der Waals surface area contributed by atoms with E-state index in [1.165, 1.54) is 0 Å². The molecule has 1 N–H and O–H groups in total. The maximum atomic E-state index is 11.1. The predicted molar refractivity (Wildman–Crippen MR) is 60.8 cm³/mol. The van der Waals surface area contributed by atoms with Crippen molar-refractivity contribution in [2.75, 3.05) is 19.6 Å². The molecular weight excluding hydrogens is 190 g/mol. The topological polar surface area (TPSA) is 40.5 Å². The van der Waals surface area contributed by atoms with Crippen LogP contribution in [0, 0.1) is 17.3 Å². The number of hydrogen-bond donors (Lipinski definition) is 1. The van der Waals surface area contributed by atoms with E-state index in [0.717, 1.165) is 32.0 Å². The molecule has 88 valence electrons. The van der Waals surface area contributed by atoms with Gasteiger partial charge in [0.25, 0.3) is 0 Å². The van der Waals surface area contributed by atoms with Crippen LogP contribution < -0.4 is 0 Å². The zero-order valence-corrected chi connectivity index (χ0v) is 10.3. The summed E-state index contributed by atoms with van der Waals surface area (Å²) in [5.74, 6) is -0.115. The molecular formula is C12H23NO2. The van der Waals surface area contributed by atoms with E-state index < -0.39 is 5.97 Å². The molecule has 1 aliphatic rings. The van der Waals surface area contributed by atoms with Gasteiger partial charge in [0.1, 0.15) is 0 Å². The molecule has 1 saturated heterocycles. The van der Waals surface area contributed by atoms with Crippen LogP contribution >= 0.6 is 0 Å². The quantitative estimate of drug-likeness (QED) is 0.777. The highest BCUT2D eigenvalue weighted by Crippen LogP contribution is 2.27. The molecule has 0 aromatic carbocycles. The summed E-state index contributed by atoms with van der Waals surface area (Å²) in [6, 6.07) is 0. The molecule has 1 fully saturated rings. The molecule has 3 heteroatoms. The average Bonchev–Trinajstić information content (AvgIpc) is 1.97. The van der Waals surface area contributed by atoms with E-state index in [0.29, 0.717) is 0 Å². The van der Waals surface area contributed by atoms with Crippen LogP contribution in [0.2, 0.25) is 0 Å². The first kappa shape index (κ1) is 12.5. The van der Waals surface area contributed by atoms with Crippen molar-refractivity contribution in [2.45, 2.75) is 34.1 Å². The van der Waals surface area contributed by atoms with E-state index in [9.17, 15) is 4.79 Å². The van der Waals surface area contributed by atoms with Crippen LogP contribution in [-0.4, -0.2) is 35.6 Å². The van der Waals surface area contributed by atoms with Gasteiger partial charge in [-0.3, -0.25) is 4.79 Å². The van der Waals surface area contributed by atoms with Crippen molar-refractivity contribution < 1.29 is 9.90 Å². The Balaban J connectivity index is 2.41. The van der Waals surface area contributed by atoms with Crippen LogP contribution in [-0.2, 0) is 4.79 Å². The molecule has 1 aliphatic heterocycles. The Hall–Kier alpha value is -0.570. The lowest BCUT2D eigenvalue weighted by Gasteiger charge is -2.39. The highest BCUT2D eigenvalue weighted by Gasteiger charge is 2.30. The number of aliphatic carboxylic acids is 1. The van der Waals surface area contributed by atoms with Crippen molar-refractivity contribution in [3.8, 4) is 0 Å². The maximum Gasteiger partial charge on any atom is 0.307 e. The standard InChI is InChI=1S/C12H23NO2/c1-9-6-13(7-9)8-10(11(14)15)5-12(2,3)4/h9-10H,5-8H2,1-4H3,(H,14,15). The van der Waals surface area contributed by atoms with Gasteiger partial charge in [-0.15, -0.1) is 0 Å². The minimum atomic E-state index is -0.649. The van der Waals surface area contributed by atoms with Crippen LogP contribution in [0.1, 0.15) is 34.1 Å². The van der Waals surface area contributed by atoms with Gasteiger partial charge in [-0.05, 0) is 17.8 Å². The largest absolute Gasteiger partial charge is 0.481 e. The van der Waals surface area contributed by atoms with E-state index in [1.807, 2.05) is 0 Å². The Morgan fingerprint density at radius 2 is 2.00 bits per heavy atom. The van der Waals surface area contributed by atoms with E-state index in [-0.39, 0.29) is 11.3 Å². The molecule has 0 amide bonds. The fourth-order valence-corrected chi connectivity index (χ4v) is 2.26. The lowest BCUT2D eigenvalue weighted by Crippen LogP contribution is -2.48. The number of nitrogens with zero attached hydrogens (tertiary/aromatic N) is 1. The van der Waals surface area contributed by atoms with Crippen molar-refractivity contribution >= 4 is 5.97 Å². The first-order valence-electron chi connectivity index (χ1n) is 5.73. The van der Waals surface area contributed by atoms with Crippen LogP contribution in [0.5, 0.6) is 0 Å². The lowest BCUT2D eigenvalue weighted by molar-refractivity contribution is -0.144. The van der Waals surface area contributed by atoms with Gasteiger partial charge in [0.05, 0.1) is 5.92 Å². The molecule has 0 saturated carbocycles. The predicted octanol–water partition coefficient (Wildman–Crippen LogP) is 2.08. The molecule has 1 rings (SSSR count). The van der Waals surface area contributed by atoms with Gasteiger partial charge in [0.15, 0.2) is 0 Å². The second-order valence-corrected chi connectivity index (χ2v) is 6.12. The second kappa shape index (κ2) is 4.52. The number of likely N-dealkylation sites (tertiary alicyclic amines) is 1. The summed E-state index contributed by atoms with van der Waals surface area (Å²) >= 11 is 0. The molecule has 0 aromatic rings. The van der Waals surface area contributed by atoms with E-state index >= 15 is 0 Å². The average molecular weight is 213 g/mol. The molecule has 1 heterocycles. The first-order chi connectivity index (χ1) is 6.78. The third kappa shape index (κ3) is 4.20. The van der Waals surface area contributed by atoms with Crippen LogP contribution in [0.4, 0.5) is 0 Å². The second-order valence-electron chi connectivity index (χ2n) is 6.12. The van der Waals surface area contributed by atoms with Crippen molar-refractivity contribution in [3.63, 3.8) is 0 Å². The Labute approximate surface area is 92.5 Å². The van der Waals surface area contributed by atoms with E-state index in [1.54, 1.807) is 0 Å². The molecule has 0 aromatic heterocycles. The van der Waals surface area contributed by atoms with Gasteiger partial charge in [-0.25, -0.2) is 0 Å². The third-order valence-corrected chi connectivity index (χ3v) is 2.83. The van der Waals surface area contributed by atoms with Crippen LogP contribution in [0.25, 0.3) is 0 Å². The highest BCUT2D eigenvalue weighted by molar-refractivity contribution is 5.70. The number of rotatable bonds is 4. The summed E-state index contributed by atoms with van der Waals surface area (Å²) in [5.41, 5.74) is 0.0968. The molecule has 0 aliphatic carbocycles. The van der Waals surface area contributed by atoms with Gasteiger partial charge >= 0.3 is 5.97 Å². The van der Waals surface area contributed by atoms with Crippen LogP contribution in [0.15, 0.2) is 0 Å². The zero-order chi connectivity index (χ0) is 11.6. The van der Waals surface area contributed by atoms with Crippen molar-refractivity contribution in [2.24, 2.45) is 17.3 Å². The van der Waals surface area contributed by atoms with Gasteiger partial charge < -0.3 is 10.0 Å². The van der Waals surface area contributed by atoms with E-state index in [4.69, 9.17) is 5.11 Å². The number of carboxylic acid groups (broad SMARTS) is 1. The monoisotopic (exact) mass is 213 g/mol. The molecule has 0 spiro atoms. The summed E-state index contributed by atoms with van der Waals surface area (Å²) in [6.07, 6.45) is 0.757. The minimum Gasteiger partial charge on any atom is -0.481 e. The SMILES string of the molecule is CC1CN(CC(CC(C)(C)C)C(=O)O)C1. The Kier molecular flexibility index (Phi) is 3.77. The highest BCUT2D eigenvalue weighted by atomic mass is 16.4. The fraction of sp³-hybridized carbons (Fsp3) is 0.917.